The Morgan fingerprint density at radius 3 is 2.61 bits per heavy atom. The van der Waals surface area contributed by atoms with Crippen LogP contribution in [0, 0.1) is 11.6 Å². The first-order valence-electron chi connectivity index (χ1n) is 5.18. The quantitative estimate of drug-likeness (QED) is 0.862. The summed E-state index contributed by atoms with van der Waals surface area (Å²) in [6.07, 6.45) is -0.724. The van der Waals surface area contributed by atoms with E-state index in [1.54, 1.807) is 6.92 Å². The maximum Gasteiger partial charge on any atom is 0.407 e. The number of ether oxygens (including phenoxy) is 1. The lowest BCUT2D eigenvalue weighted by Crippen LogP contribution is -2.33. The fourth-order valence-corrected chi connectivity index (χ4v) is 1.11. The fourth-order valence-electron chi connectivity index (χ4n) is 1.11. The van der Waals surface area contributed by atoms with Crippen LogP contribution in [0.25, 0.3) is 0 Å². The van der Waals surface area contributed by atoms with Crippen LogP contribution in [0.2, 0.25) is 0 Å². The van der Waals surface area contributed by atoms with Gasteiger partial charge in [-0.3, -0.25) is 4.79 Å². The first-order valence-corrected chi connectivity index (χ1v) is 5.18. The lowest BCUT2D eigenvalue weighted by Gasteiger charge is -2.07. The molecule has 1 aromatic rings. The lowest BCUT2D eigenvalue weighted by molar-refractivity contribution is -0.115. The molecule has 1 aromatic carbocycles. The van der Waals surface area contributed by atoms with E-state index in [0.29, 0.717) is 0 Å². The number of rotatable bonds is 4. The summed E-state index contributed by atoms with van der Waals surface area (Å²) in [5.41, 5.74) is 0.101. The van der Waals surface area contributed by atoms with Gasteiger partial charge in [0.2, 0.25) is 5.91 Å². The minimum absolute atomic E-state index is 0.101. The van der Waals surface area contributed by atoms with Crippen molar-refractivity contribution < 1.29 is 23.1 Å². The third kappa shape index (κ3) is 4.36. The number of benzene rings is 1. The molecule has 18 heavy (non-hydrogen) atoms. The van der Waals surface area contributed by atoms with E-state index in [9.17, 15) is 18.4 Å². The van der Waals surface area contributed by atoms with E-state index in [4.69, 9.17) is 0 Å². The van der Waals surface area contributed by atoms with Gasteiger partial charge in [0, 0.05) is 11.8 Å². The molecule has 0 atom stereocenters. The summed E-state index contributed by atoms with van der Waals surface area (Å²) >= 11 is 0. The van der Waals surface area contributed by atoms with Gasteiger partial charge in [0.1, 0.15) is 6.54 Å². The lowest BCUT2D eigenvalue weighted by atomic mass is 10.3. The van der Waals surface area contributed by atoms with Crippen molar-refractivity contribution in [3.05, 3.63) is 29.8 Å². The summed E-state index contributed by atoms with van der Waals surface area (Å²) < 4.78 is 30.0. The molecule has 0 unspecified atom stereocenters. The Hall–Kier alpha value is -2.18. The standard InChI is InChI=1S/C11H12F2N2O3/c1-2-18-11(17)14-6-10(16)15-7-3-4-8(12)9(13)5-7/h3-5H,2,6H2,1H3,(H,14,17)(H,15,16). The average molecular weight is 258 g/mol. The third-order valence-corrected chi connectivity index (χ3v) is 1.87. The number of amides is 2. The number of carbonyl (C=O) groups excluding carboxylic acids is 2. The van der Waals surface area contributed by atoms with Crippen molar-refractivity contribution in [3.8, 4) is 0 Å². The van der Waals surface area contributed by atoms with Gasteiger partial charge < -0.3 is 15.4 Å². The van der Waals surface area contributed by atoms with Gasteiger partial charge in [-0.15, -0.1) is 0 Å². The zero-order chi connectivity index (χ0) is 13.5. The molecule has 0 bridgehead atoms. The Labute approximate surface area is 102 Å². The Morgan fingerprint density at radius 1 is 1.28 bits per heavy atom. The topological polar surface area (TPSA) is 67.4 Å². The fraction of sp³-hybridized carbons (Fsp3) is 0.273. The SMILES string of the molecule is CCOC(=O)NCC(=O)Nc1ccc(F)c(F)c1. The van der Waals surface area contributed by atoms with E-state index in [2.05, 4.69) is 15.4 Å². The molecule has 0 spiro atoms. The van der Waals surface area contributed by atoms with Gasteiger partial charge in [-0.05, 0) is 19.1 Å². The van der Waals surface area contributed by atoms with E-state index in [1.807, 2.05) is 0 Å². The van der Waals surface area contributed by atoms with Crippen LogP contribution in [-0.4, -0.2) is 25.2 Å². The van der Waals surface area contributed by atoms with Crippen LogP contribution in [0.1, 0.15) is 6.92 Å². The third-order valence-electron chi connectivity index (χ3n) is 1.87. The Morgan fingerprint density at radius 2 is 2.00 bits per heavy atom. The van der Waals surface area contributed by atoms with Gasteiger partial charge in [0.15, 0.2) is 11.6 Å². The molecular formula is C11H12F2N2O3. The highest BCUT2D eigenvalue weighted by molar-refractivity contribution is 5.93. The van der Waals surface area contributed by atoms with E-state index in [1.165, 1.54) is 6.07 Å². The second-order valence-electron chi connectivity index (χ2n) is 3.25. The van der Waals surface area contributed by atoms with Crippen LogP contribution in [-0.2, 0) is 9.53 Å². The number of anilines is 1. The van der Waals surface area contributed by atoms with Crippen molar-refractivity contribution in [2.75, 3.05) is 18.5 Å². The van der Waals surface area contributed by atoms with Crippen LogP contribution < -0.4 is 10.6 Å². The van der Waals surface area contributed by atoms with Crippen molar-refractivity contribution in [1.29, 1.82) is 0 Å². The van der Waals surface area contributed by atoms with Crippen LogP contribution in [0.3, 0.4) is 0 Å². The molecule has 0 heterocycles. The Bertz CT molecular complexity index is 452. The van der Waals surface area contributed by atoms with Gasteiger partial charge in [0.25, 0.3) is 0 Å². The van der Waals surface area contributed by atoms with Gasteiger partial charge in [-0.2, -0.15) is 0 Å². The number of carbonyl (C=O) groups is 2. The number of alkyl carbamates (subject to hydrolysis) is 1. The van der Waals surface area contributed by atoms with Gasteiger partial charge in [-0.25, -0.2) is 13.6 Å². The van der Waals surface area contributed by atoms with Gasteiger partial charge >= 0.3 is 6.09 Å². The molecule has 0 aliphatic carbocycles. The molecule has 0 aliphatic heterocycles. The van der Waals surface area contributed by atoms with Crippen molar-refractivity contribution in [3.63, 3.8) is 0 Å². The predicted molar refractivity (Wildman–Crippen MR) is 60.0 cm³/mol. The smallest absolute Gasteiger partial charge is 0.407 e. The second kappa shape index (κ2) is 6.53. The molecule has 0 saturated heterocycles. The summed E-state index contributed by atoms with van der Waals surface area (Å²) in [6.45, 7) is 1.50. The highest BCUT2D eigenvalue weighted by Crippen LogP contribution is 2.12. The normalized spacial score (nSPS) is 9.72. The maximum atomic E-state index is 12.8. The minimum atomic E-state index is -1.06. The van der Waals surface area contributed by atoms with Crippen LogP contribution in [0.5, 0.6) is 0 Å². The maximum absolute atomic E-state index is 12.8. The van der Waals surface area contributed by atoms with Crippen molar-refractivity contribution in [1.82, 2.24) is 5.32 Å². The number of halogens is 2. The molecular weight excluding hydrogens is 246 g/mol. The van der Waals surface area contributed by atoms with E-state index in [-0.39, 0.29) is 18.8 Å². The van der Waals surface area contributed by atoms with E-state index >= 15 is 0 Å². The average Bonchev–Trinajstić information content (AvgIpc) is 2.32. The molecule has 7 heteroatoms. The first kappa shape index (κ1) is 13.9. The molecule has 98 valence electrons. The largest absolute Gasteiger partial charge is 0.450 e. The van der Waals surface area contributed by atoms with Crippen LogP contribution in [0.4, 0.5) is 19.3 Å². The summed E-state index contributed by atoms with van der Waals surface area (Å²) in [7, 11) is 0. The van der Waals surface area contributed by atoms with Crippen molar-refractivity contribution in [2.45, 2.75) is 6.92 Å². The molecule has 1 rings (SSSR count). The number of nitrogens with one attached hydrogen (secondary N) is 2. The molecule has 0 radical (unpaired) electrons. The Kier molecular flexibility index (Phi) is 5.04. The predicted octanol–water partition coefficient (Wildman–Crippen LogP) is 1.65. The molecule has 2 amide bonds. The highest BCUT2D eigenvalue weighted by atomic mass is 19.2. The van der Waals surface area contributed by atoms with E-state index < -0.39 is 23.6 Å². The molecule has 2 N–H and O–H groups in total. The summed E-state index contributed by atoms with van der Waals surface area (Å²) in [5, 5.41) is 4.48. The summed E-state index contributed by atoms with van der Waals surface area (Å²) in [5.74, 6) is -2.64. The van der Waals surface area contributed by atoms with Gasteiger partial charge in [-0.1, -0.05) is 0 Å². The highest BCUT2D eigenvalue weighted by Gasteiger charge is 2.08. The van der Waals surface area contributed by atoms with Crippen LogP contribution in [0.15, 0.2) is 18.2 Å². The number of hydrogen-bond donors (Lipinski definition) is 2. The summed E-state index contributed by atoms with van der Waals surface area (Å²) in [6, 6.07) is 2.95. The molecule has 5 nitrogen and oxygen atoms in total. The zero-order valence-electron chi connectivity index (χ0n) is 9.63. The molecule has 0 aromatic heterocycles. The van der Waals surface area contributed by atoms with E-state index in [0.717, 1.165) is 12.1 Å². The minimum Gasteiger partial charge on any atom is -0.450 e. The van der Waals surface area contributed by atoms with Gasteiger partial charge in [0.05, 0.1) is 6.61 Å². The zero-order valence-corrected chi connectivity index (χ0v) is 9.63. The second-order valence-corrected chi connectivity index (χ2v) is 3.25. The first-order chi connectivity index (χ1) is 8.52. The molecule has 0 fully saturated rings. The number of hydrogen-bond acceptors (Lipinski definition) is 3. The van der Waals surface area contributed by atoms with Crippen LogP contribution >= 0.6 is 0 Å². The van der Waals surface area contributed by atoms with Crippen molar-refractivity contribution in [2.24, 2.45) is 0 Å². The molecule has 0 aliphatic rings. The summed E-state index contributed by atoms with van der Waals surface area (Å²) in [4.78, 5) is 22.2. The Balaban J connectivity index is 2.44. The molecule has 0 saturated carbocycles. The monoisotopic (exact) mass is 258 g/mol. The van der Waals surface area contributed by atoms with Crippen molar-refractivity contribution >= 4 is 17.7 Å².